The van der Waals surface area contributed by atoms with Gasteiger partial charge in [-0.3, -0.25) is 10.0 Å². The molecule has 0 amide bonds. The summed E-state index contributed by atoms with van der Waals surface area (Å²) in [7, 11) is 0. The Labute approximate surface area is 58.9 Å². The average Bonchev–Trinajstić information content (AvgIpc) is 2.34. The summed E-state index contributed by atoms with van der Waals surface area (Å²) in [6.07, 6.45) is 7.35. The molecular weight excluding hydrogens is 128 g/mol. The third kappa shape index (κ3) is 0.665. The highest BCUT2D eigenvalue weighted by Gasteiger charge is 2.18. The van der Waals surface area contributed by atoms with Gasteiger partial charge in [0, 0.05) is 12.4 Å². The van der Waals surface area contributed by atoms with Crippen molar-refractivity contribution < 1.29 is 0 Å². The predicted molar refractivity (Wildman–Crippen MR) is 38.4 cm³/mol. The molecule has 0 aromatic rings. The van der Waals surface area contributed by atoms with Crippen LogP contribution in [-0.2, 0) is 0 Å². The Balaban J connectivity index is 2.30. The van der Waals surface area contributed by atoms with Crippen LogP contribution in [-0.4, -0.2) is 22.9 Å². The lowest BCUT2D eigenvalue weighted by molar-refractivity contribution is 0.0974. The van der Waals surface area contributed by atoms with E-state index in [2.05, 4.69) is 4.99 Å². The second-order valence-electron chi connectivity index (χ2n) is 2.17. The Morgan fingerprint density at radius 3 is 3.30 bits per heavy atom. The molecule has 0 saturated carbocycles. The number of hydrazine groups is 2. The standard InChI is InChI=1S/C6H8N4/c7-10-3-1-6-5-8-2-4-9(6)10/h1-2,4-5H,3,7H2. The fraction of sp³-hybridized carbons (Fsp3) is 0.167. The summed E-state index contributed by atoms with van der Waals surface area (Å²) < 4.78 is 0. The Morgan fingerprint density at radius 2 is 2.50 bits per heavy atom. The lowest BCUT2D eigenvalue weighted by atomic mass is 10.4. The molecule has 2 N–H and O–H groups in total. The lowest BCUT2D eigenvalue weighted by Gasteiger charge is -2.24. The van der Waals surface area contributed by atoms with Crippen LogP contribution in [0.25, 0.3) is 0 Å². The van der Waals surface area contributed by atoms with Crippen LogP contribution in [0.2, 0.25) is 0 Å². The topological polar surface area (TPSA) is 44.9 Å². The fourth-order valence-electron chi connectivity index (χ4n) is 1.02. The van der Waals surface area contributed by atoms with E-state index >= 15 is 0 Å². The maximum absolute atomic E-state index is 5.58. The number of rotatable bonds is 0. The third-order valence-corrected chi connectivity index (χ3v) is 1.53. The van der Waals surface area contributed by atoms with Crippen molar-refractivity contribution in [3.05, 3.63) is 24.2 Å². The number of nitrogens with two attached hydrogens (primary N) is 1. The van der Waals surface area contributed by atoms with Gasteiger partial charge in [-0.25, -0.2) is 5.84 Å². The van der Waals surface area contributed by atoms with Gasteiger partial charge >= 0.3 is 0 Å². The number of hydrogen-bond donors (Lipinski definition) is 1. The summed E-state index contributed by atoms with van der Waals surface area (Å²) in [5.41, 5.74) is 1.05. The summed E-state index contributed by atoms with van der Waals surface area (Å²) in [6, 6.07) is 0. The zero-order chi connectivity index (χ0) is 6.97. The predicted octanol–water partition coefficient (Wildman–Crippen LogP) is -0.168. The number of aliphatic imine (C=N–C) groups is 1. The van der Waals surface area contributed by atoms with Crippen LogP contribution in [0.5, 0.6) is 0 Å². The van der Waals surface area contributed by atoms with Gasteiger partial charge in [-0.1, -0.05) is 0 Å². The van der Waals surface area contributed by atoms with Crippen LogP contribution < -0.4 is 5.84 Å². The minimum Gasteiger partial charge on any atom is -0.265 e. The van der Waals surface area contributed by atoms with E-state index in [1.54, 1.807) is 17.5 Å². The first-order valence-electron chi connectivity index (χ1n) is 3.09. The quantitative estimate of drug-likeness (QED) is 0.470. The van der Waals surface area contributed by atoms with Gasteiger partial charge in [0.25, 0.3) is 0 Å². The van der Waals surface area contributed by atoms with Gasteiger partial charge in [0.15, 0.2) is 0 Å². The molecule has 0 bridgehead atoms. The van der Waals surface area contributed by atoms with Gasteiger partial charge in [0.2, 0.25) is 0 Å². The molecule has 0 aliphatic carbocycles. The van der Waals surface area contributed by atoms with Crippen molar-refractivity contribution >= 4 is 6.21 Å². The third-order valence-electron chi connectivity index (χ3n) is 1.53. The lowest BCUT2D eigenvalue weighted by Crippen LogP contribution is -2.40. The number of allylic oxidation sites excluding steroid dienone is 1. The highest BCUT2D eigenvalue weighted by Crippen LogP contribution is 2.14. The van der Waals surface area contributed by atoms with Crippen LogP contribution in [0.3, 0.4) is 0 Å². The summed E-state index contributed by atoms with van der Waals surface area (Å²) in [5, 5.41) is 3.48. The monoisotopic (exact) mass is 136 g/mol. The van der Waals surface area contributed by atoms with Gasteiger partial charge in [0.1, 0.15) is 0 Å². The molecule has 0 spiro atoms. The average molecular weight is 136 g/mol. The van der Waals surface area contributed by atoms with E-state index < -0.39 is 0 Å². The largest absolute Gasteiger partial charge is 0.265 e. The molecule has 10 heavy (non-hydrogen) atoms. The molecule has 2 rings (SSSR count). The number of fused-ring (bicyclic) bond motifs is 1. The van der Waals surface area contributed by atoms with Crippen molar-refractivity contribution in [3.63, 3.8) is 0 Å². The van der Waals surface area contributed by atoms with Crippen LogP contribution in [0.15, 0.2) is 29.2 Å². The van der Waals surface area contributed by atoms with Crippen LogP contribution in [0, 0.1) is 0 Å². The van der Waals surface area contributed by atoms with Crippen molar-refractivity contribution in [2.24, 2.45) is 10.8 Å². The second-order valence-corrected chi connectivity index (χ2v) is 2.17. The first kappa shape index (κ1) is 5.64. The van der Waals surface area contributed by atoms with E-state index in [1.165, 1.54) is 0 Å². The van der Waals surface area contributed by atoms with E-state index in [0.717, 1.165) is 12.2 Å². The summed E-state index contributed by atoms with van der Waals surface area (Å²) in [6.45, 7) is 0.756. The Morgan fingerprint density at radius 1 is 1.60 bits per heavy atom. The molecule has 2 aliphatic rings. The molecule has 0 aromatic carbocycles. The van der Waals surface area contributed by atoms with E-state index in [4.69, 9.17) is 5.84 Å². The fourth-order valence-corrected chi connectivity index (χ4v) is 1.02. The molecule has 4 heteroatoms. The van der Waals surface area contributed by atoms with E-state index in [1.807, 2.05) is 17.3 Å². The van der Waals surface area contributed by atoms with Crippen LogP contribution in [0.1, 0.15) is 0 Å². The van der Waals surface area contributed by atoms with Crippen LogP contribution >= 0.6 is 0 Å². The number of hydrogen-bond acceptors (Lipinski definition) is 4. The molecule has 0 unspecified atom stereocenters. The zero-order valence-electron chi connectivity index (χ0n) is 5.44. The normalized spacial score (nSPS) is 23.3. The van der Waals surface area contributed by atoms with Crippen molar-refractivity contribution in [2.45, 2.75) is 0 Å². The smallest absolute Gasteiger partial charge is 0.0744 e. The molecule has 4 nitrogen and oxygen atoms in total. The minimum atomic E-state index is 0.756. The molecule has 0 saturated heterocycles. The molecule has 0 fully saturated rings. The first-order valence-corrected chi connectivity index (χ1v) is 3.09. The highest BCUT2D eigenvalue weighted by atomic mass is 15.8. The van der Waals surface area contributed by atoms with Gasteiger partial charge in [-0.05, 0) is 6.08 Å². The molecule has 0 radical (unpaired) electrons. The van der Waals surface area contributed by atoms with E-state index in [0.29, 0.717) is 0 Å². The highest BCUT2D eigenvalue weighted by molar-refractivity contribution is 5.79. The molecule has 52 valence electrons. The van der Waals surface area contributed by atoms with E-state index in [-0.39, 0.29) is 0 Å². The SMILES string of the molecule is NN1CC=C2C=NC=CN21. The molecule has 2 heterocycles. The molecule has 0 atom stereocenters. The minimum absolute atomic E-state index is 0.756. The van der Waals surface area contributed by atoms with Crippen molar-refractivity contribution in [1.82, 2.24) is 10.1 Å². The summed E-state index contributed by atoms with van der Waals surface area (Å²) in [5.74, 6) is 5.58. The Hall–Kier alpha value is -1.13. The first-order chi connectivity index (χ1) is 4.88. The number of nitrogens with zero attached hydrogens (tertiary/aromatic N) is 3. The van der Waals surface area contributed by atoms with Crippen molar-refractivity contribution in [1.29, 1.82) is 0 Å². The van der Waals surface area contributed by atoms with Crippen molar-refractivity contribution in [3.8, 4) is 0 Å². The summed E-state index contributed by atoms with van der Waals surface area (Å²) >= 11 is 0. The van der Waals surface area contributed by atoms with Crippen LogP contribution in [0.4, 0.5) is 0 Å². The van der Waals surface area contributed by atoms with E-state index in [9.17, 15) is 0 Å². The van der Waals surface area contributed by atoms with Gasteiger partial charge in [-0.15, -0.1) is 0 Å². The second kappa shape index (κ2) is 1.93. The maximum atomic E-state index is 5.58. The maximum Gasteiger partial charge on any atom is 0.0744 e. The molecular formula is C6H8N4. The Kier molecular flexibility index (Phi) is 1.09. The zero-order valence-corrected chi connectivity index (χ0v) is 5.44. The summed E-state index contributed by atoms with van der Waals surface area (Å²) in [4.78, 5) is 3.96. The van der Waals surface area contributed by atoms with Gasteiger partial charge in [-0.2, -0.15) is 5.12 Å². The molecule has 0 aromatic heterocycles. The van der Waals surface area contributed by atoms with Gasteiger partial charge in [0.05, 0.1) is 18.5 Å². The Bertz CT molecular complexity index is 228. The van der Waals surface area contributed by atoms with Gasteiger partial charge < -0.3 is 0 Å². The molecule has 2 aliphatic heterocycles. The van der Waals surface area contributed by atoms with Crippen molar-refractivity contribution in [2.75, 3.05) is 6.54 Å².